The van der Waals surface area contributed by atoms with Crippen molar-refractivity contribution >= 4 is 23.1 Å². The lowest BCUT2D eigenvalue weighted by molar-refractivity contribution is -0.384. The second-order valence-corrected chi connectivity index (χ2v) is 7.21. The van der Waals surface area contributed by atoms with Gasteiger partial charge in [0.05, 0.1) is 36.5 Å². The molecule has 1 aliphatic rings. The lowest BCUT2D eigenvalue weighted by Crippen LogP contribution is -2.29. The van der Waals surface area contributed by atoms with Gasteiger partial charge in [-0.05, 0) is 35.9 Å². The molecule has 3 aromatic rings. The summed E-state index contributed by atoms with van der Waals surface area (Å²) in [4.78, 5) is 37.7. The van der Waals surface area contributed by atoms with E-state index in [1.807, 2.05) is 0 Å². The molecule has 9 nitrogen and oxygen atoms in total. The minimum Gasteiger partial charge on any atom is -0.507 e. The fourth-order valence-corrected chi connectivity index (χ4v) is 3.74. The third-order valence-corrected chi connectivity index (χ3v) is 5.27. The Morgan fingerprint density at radius 3 is 2.64 bits per heavy atom. The maximum Gasteiger partial charge on any atom is 0.296 e. The first kappa shape index (κ1) is 21.8. The van der Waals surface area contributed by atoms with E-state index in [9.17, 15) is 29.2 Å². The lowest BCUT2D eigenvalue weighted by atomic mass is 9.95. The molecule has 4 rings (SSSR count). The number of carbonyl (C=O) groups excluding carboxylic acids is 2. The summed E-state index contributed by atoms with van der Waals surface area (Å²) in [5.74, 6) is -3.04. The number of amides is 1. The third-order valence-electron chi connectivity index (χ3n) is 5.27. The number of aliphatic hydroxyl groups is 1. The molecule has 0 saturated carbocycles. The number of nitro benzene ring substituents is 1. The first-order chi connectivity index (χ1) is 15.8. The normalized spacial score (nSPS) is 17.4. The fourth-order valence-electron chi connectivity index (χ4n) is 3.74. The molecule has 1 amide bonds. The van der Waals surface area contributed by atoms with E-state index in [4.69, 9.17) is 9.15 Å². The van der Waals surface area contributed by atoms with Crippen LogP contribution in [0.4, 0.5) is 10.1 Å². The number of Topliss-reactive ketones (excluding diaryl/α,β-unsaturated/α-hetero) is 1. The van der Waals surface area contributed by atoms with Crippen LogP contribution in [0.2, 0.25) is 0 Å². The van der Waals surface area contributed by atoms with E-state index in [2.05, 4.69) is 0 Å². The Morgan fingerprint density at radius 1 is 1.21 bits per heavy atom. The average Bonchev–Trinajstić information content (AvgIpc) is 3.41. The molecule has 33 heavy (non-hydrogen) atoms. The zero-order chi connectivity index (χ0) is 23.7. The molecule has 10 heteroatoms. The van der Waals surface area contributed by atoms with E-state index in [-0.39, 0.29) is 34.7 Å². The van der Waals surface area contributed by atoms with Crippen LogP contribution in [0.3, 0.4) is 0 Å². The van der Waals surface area contributed by atoms with Crippen molar-refractivity contribution in [3.05, 3.63) is 99.3 Å². The number of carbonyl (C=O) groups is 2. The lowest BCUT2D eigenvalue weighted by Gasteiger charge is -2.24. The van der Waals surface area contributed by atoms with Gasteiger partial charge < -0.3 is 19.2 Å². The molecule has 0 spiro atoms. The van der Waals surface area contributed by atoms with Gasteiger partial charge in [-0.3, -0.25) is 19.7 Å². The average molecular weight is 452 g/mol. The van der Waals surface area contributed by atoms with Gasteiger partial charge in [-0.2, -0.15) is 0 Å². The van der Waals surface area contributed by atoms with E-state index in [1.54, 1.807) is 12.1 Å². The standard InChI is InChI=1S/C23H17FN2O7/c1-32-18-8-7-14(11-17(18)24)21(27)19-20(13-4-2-5-15(10-13)26(30)31)25(23(29)22(19)28)12-16-6-3-9-33-16/h2-11,20,27H,12H2,1H3/b21-19+. The van der Waals surface area contributed by atoms with Crippen molar-refractivity contribution in [2.75, 3.05) is 7.11 Å². The van der Waals surface area contributed by atoms with Gasteiger partial charge in [0, 0.05) is 17.7 Å². The van der Waals surface area contributed by atoms with E-state index in [0.29, 0.717) is 5.76 Å². The number of nitrogens with zero attached hydrogens (tertiary/aromatic N) is 2. The van der Waals surface area contributed by atoms with Gasteiger partial charge in [-0.15, -0.1) is 0 Å². The molecule has 1 aromatic heterocycles. The quantitative estimate of drug-likeness (QED) is 0.197. The Morgan fingerprint density at radius 2 is 2.00 bits per heavy atom. The number of non-ortho nitro benzene ring substituents is 1. The highest BCUT2D eigenvalue weighted by Crippen LogP contribution is 2.41. The van der Waals surface area contributed by atoms with Crippen LogP contribution in [0, 0.1) is 15.9 Å². The van der Waals surface area contributed by atoms with E-state index in [1.165, 1.54) is 49.8 Å². The third kappa shape index (κ3) is 3.93. The Balaban J connectivity index is 1.89. The number of rotatable bonds is 6. The second kappa shape index (κ2) is 8.58. The van der Waals surface area contributed by atoms with Gasteiger partial charge in [-0.25, -0.2) is 4.39 Å². The zero-order valence-corrected chi connectivity index (χ0v) is 17.2. The molecular formula is C23H17FN2O7. The van der Waals surface area contributed by atoms with Crippen LogP contribution >= 0.6 is 0 Å². The van der Waals surface area contributed by atoms with Crippen molar-refractivity contribution in [3.8, 4) is 5.75 Å². The highest BCUT2D eigenvalue weighted by atomic mass is 19.1. The number of hydrogen-bond donors (Lipinski definition) is 1. The maximum atomic E-state index is 14.3. The second-order valence-electron chi connectivity index (χ2n) is 7.21. The Kier molecular flexibility index (Phi) is 5.65. The number of ketones is 1. The minimum absolute atomic E-state index is 0.0558. The summed E-state index contributed by atoms with van der Waals surface area (Å²) in [7, 11) is 1.28. The predicted octanol–water partition coefficient (Wildman–Crippen LogP) is 3.96. The molecule has 0 bridgehead atoms. The Bertz CT molecular complexity index is 1280. The number of ether oxygens (including phenoxy) is 1. The van der Waals surface area contributed by atoms with Gasteiger partial charge in [0.2, 0.25) is 0 Å². The van der Waals surface area contributed by atoms with Crippen molar-refractivity contribution < 1.29 is 33.2 Å². The van der Waals surface area contributed by atoms with Crippen molar-refractivity contribution in [1.29, 1.82) is 0 Å². The summed E-state index contributed by atoms with van der Waals surface area (Å²) in [5.41, 5.74) is -0.409. The summed E-state index contributed by atoms with van der Waals surface area (Å²) >= 11 is 0. The summed E-state index contributed by atoms with van der Waals surface area (Å²) in [6, 6.07) is 11.0. The molecule has 0 aliphatic carbocycles. The highest BCUT2D eigenvalue weighted by molar-refractivity contribution is 6.46. The van der Waals surface area contributed by atoms with E-state index >= 15 is 0 Å². The molecule has 1 unspecified atom stereocenters. The van der Waals surface area contributed by atoms with Gasteiger partial charge in [-0.1, -0.05) is 12.1 Å². The van der Waals surface area contributed by atoms with Crippen LogP contribution in [0.15, 0.2) is 70.9 Å². The molecule has 0 radical (unpaired) electrons. The number of benzene rings is 2. The molecule has 168 valence electrons. The SMILES string of the molecule is COc1ccc(/C(O)=C2\C(=O)C(=O)N(Cc3ccco3)C2c2cccc([N+](=O)[O-])c2)cc1F. The molecular weight excluding hydrogens is 435 g/mol. The largest absolute Gasteiger partial charge is 0.507 e. The summed E-state index contributed by atoms with van der Waals surface area (Å²) in [6.45, 7) is -0.126. The summed E-state index contributed by atoms with van der Waals surface area (Å²) in [6.07, 6.45) is 1.40. The molecule has 2 aromatic carbocycles. The van der Waals surface area contributed by atoms with Crippen molar-refractivity contribution in [3.63, 3.8) is 0 Å². The smallest absolute Gasteiger partial charge is 0.296 e. The first-order valence-corrected chi connectivity index (χ1v) is 9.71. The van der Waals surface area contributed by atoms with Crippen LogP contribution in [0.1, 0.15) is 22.9 Å². The summed E-state index contributed by atoms with van der Waals surface area (Å²) in [5, 5.41) is 22.3. The predicted molar refractivity (Wildman–Crippen MR) is 113 cm³/mol. The Hall–Kier alpha value is -4.47. The minimum atomic E-state index is -1.17. The van der Waals surface area contributed by atoms with E-state index in [0.717, 1.165) is 11.0 Å². The fraction of sp³-hybridized carbons (Fsp3) is 0.130. The maximum absolute atomic E-state index is 14.3. The van der Waals surface area contributed by atoms with Gasteiger partial charge in [0.15, 0.2) is 11.6 Å². The molecule has 1 aliphatic heterocycles. The van der Waals surface area contributed by atoms with Crippen molar-refractivity contribution in [1.82, 2.24) is 4.90 Å². The van der Waals surface area contributed by atoms with Crippen molar-refractivity contribution in [2.24, 2.45) is 0 Å². The van der Waals surface area contributed by atoms with Crippen LogP contribution in [-0.4, -0.2) is 33.7 Å². The van der Waals surface area contributed by atoms with Crippen LogP contribution in [-0.2, 0) is 16.1 Å². The number of furan rings is 1. The van der Waals surface area contributed by atoms with Gasteiger partial charge in [0.25, 0.3) is 17.4 Å². The number of likely N-dealkylation sites (tertiary alicyclic amines) is 1. The highest BCUT2D eigenvalue weighted by Gasteiger charge is 2.46. The molecule has 1 atom stereocenters. The molecule has 1 fully saturated rings. The summed E-state index contributed by atoms with van der Waals surface area (Å²) < 4.78 is 24.4. The molecule has 1 saturated heterocycles. The zero-order valence-electron chi connectivity index (χ0n) is 17.2. The Labute approximate surface area is 186 Å². The van der Waals surface area contributed by atoms with E-state index < -0.39 is 34.2 Å². The monoisotopic (exact) mass is 452 g/mol. The van der Waals surface area contributed by atoms with Crippen LogP contribution in [0.5, 0.6) is 5.75 Å². The van der Waals surface area contributed by atoms with Gasteiger partial charge in [0.1, 0.15) is 11.5 Å². The van der Waals surface area contributed by atoms with Crippen molar-refractivity contribution in [2.45, 2.75) is 12.6 Å². The number of nitro groups is 1. The first-order valence-electron chi connectivity index (χ1n) is 9.71. The number of methoxy groups -OCH3 is 1. The number of halogens is 1. The van der Waals surface area contributed by atoms with Crippen LogP contribution < -0.4 is 4.74 Å². The number of hydrogen-bond acceptors (Lipinski definition) is 7. The topological polar surface area (TPSA) is 123 Å². The molecule has 2 heterocycles. The van der Waals surface area contributed by atoms with Crippen LogP contribution in [0.25, 0.3) is 5.76 Å². The number of aliphatic hydroxyl groups excluding tert-OH is 1. The van der Waals surface area contributed by atoms with Gasteiger partial charge >= 0.3 is 0 Å². The molecule has 1 N–H and O–H groups in total.